The van der Waals surface area contributed by atoms with E-state index in [4.69, 9.17) is 11.2 Å². The van der Waals surface area contributed by atoms with E-state index in [2.05, 4.69) is 18.2 Å². The monoisotopic (exact) mass is 295 g/mol. The Morgan fingerprint density at radius 1 is 1.24 bits per heavy atom. The van der Waals surface area contributed by atoms with Crippen LogP contribution in [0.3, 0.4) is 0 Å². The normalized spacial score (nSPS) is 13.4. The number of esters is 1. The Morgan fingerprint density at radius 3 is 2.24 bits per heavy atom. The predicted molar refractivity (Wildman–Crippen MR) is 84.8 cm³/mol. The van der Waals surface area contributed by atoms with E-state index in [9.17, 15) is 9.59 Å². The van der Waals surface area contributed by atoms with Crippen LogP contribution < -0.4 is 5.32 Å². The minimum Gasteiger partial charge on any atom is -0.452 e. The van der Waals surface area contributed by atoms with Gasteiger partial charge in [-0.2, -0.15) is 0 Å². The van der Waals surface area contributed by atoms with Crippen molar-refractivity contribution < 1.29 is 14.3 Å². The summed E-state index contributed by atoms with van der Waals surface area (Å²) in [6.07, 6.45) is 6.54. The smallest absolute Gasteiger partial charge is 0.306 e. The minimum absolute atomic E-state index is 0.0232. The molecule has 0 aliphatic carbocycles. The molecule has 1 N–H and O–H groups in total. The zero-order valence-electron chi connectivity index (χ0n) is 14.2. The first-order valence-electron chi connectivity index (χ1n) is 7.44. The highest BCUT2D eigenvalue weighted by Crippen LogP contribution is 2.21. The topological polar surface area (TPSA) is 55.4 Å². The number of hydrogen-bond donors (Lipinski definition) is 1. The van der Waals surface area contributed by atoms with Crippen LogP contribution in [0.2, 0.25) is 0 Å². The fraction of sp³-hybridized carbons (Fsp3) is 0.765. The molecule has 0 unspecified atom stereocenters. The van der Waals surface area contributed by atoms with Gasteiger partial charge in [-0.05, 0) is 26.7 Å². The molecule has 0 fully saturated rings. The van der Waals surface area contributed by atoms with E-state index in [0.717, 1.165) is 6.42 Å². The Bertz CT molecular complexity index is 399. The molecular weight excluding hydrogens is 266 g/mol. The van der Waals surface area contributed by atoms with Crippen molar-refractivity contribution in [3.63, 3.8) is 0 Å². The second-order valence-electron chi connectivity index (χ2n) is 6.95. The number of ketones is 1. The molecule has 1 atom stereocenters. The van der Waals surface area contributed by atoms with Gasteiger partial charge in [0.25, 0.3) is 0 Å². The van der Waals surface area contributed by atoms with Crippen molar-refractivity contribution in [2.24, 2.45) is 5.41 Å². The first kappa shape index (κ1) is 19.7. The lowest BCUT2D eigenvalue weighted by atomic mass is 9.83. The third-order valence-electron chi connectivity index (χ3n) is 3.46. The van der Waals surface area contributed by atoms with E-state index in [1.165, 1.54) is 0 Å². The minimum atomic E-state index is -0.454. The van der Waals surface area contributed by atoms with Crippen LogP contribution in [0.15, 0.2) is 0 Å². The SMILES string of the molecule is C#CCOC(=O)CC[C@@H](NC(C)(C)CC)C(=O)C(C)(C)C. The van der Waals surface area contributed by atoms with E-state index in [-0.39, 0.29) is 36.4 Å². The van der Waals surface area contributed by atoms with Gasteiger partial charge in [-0.15, -0.1) is 6.42 Å². The van der Waals surface area contributed by atoms with Crippen LogP contribution in [-0.2, 0) is 14.3 Å². The molecule has 0 spiro atoms. The lowest BCUT2D eigenvalue weighted by Crippen LogP contribution is -2.52. The standard InChI is InChI=1S/C17H29NO3/c1-8-12-21-14(19)11-10-13(15(20)16(3,4)5)18-17(6,7)9-2/h1,13,18H,9-12H2,2-7H3/t13-/m1/s1. The molecule has 0 aliphatic heterocycles. The fourth-order valence-electron chi connectivity index (χ4n) is 1.82. The highest BCUT2D eigenvalue weighted by atomic mass is 16.5. The van der Waals surface area contributed by atoms with Gasteiger partial charge < -0.3 is 10.1 Å². The van der Waals surface area contributed by atoms with Crippen LogP contribution in [0, 0.1) is 17.8 Å². The van der Waals surface area contributed by atoms with Gasteiger partial charge in [-0.3, -0.25) is 9.59 Å². The zero-order chi connectivity index (χ0) is 16.7. The summed E-state index contributed by atoms with van der Waals surface area (Å²) in [4.78, 5) is 24.1. The van der Waals surface area contributed by atoms with E-state index in [1.807, 2.05) is 34.6 Å². The molecule has 0 aromatic rings. The summed E-state index contributed by atoms with van der Waals surface area (Å²) in [6, 6.07) is -0.363. The highest BCUT2D eigenvalue weighted by molar-refractivity contribution is 5.89. The maximum absolute atomic E-state index is 12.5. The molecule has 0 rings (SSSR count). The Kier molecular flexibility index (Phi) is 7.67. The molecule has 0 bridgehead atoms. The second kappa shape index (κ2) is 8.19. The first-order valence-corrected chi connectivity index (χ1v) is 7.44. The molecule has 4 heteroatoms. The molecule has 21 heavy (non-hydrogen) atoms. The largest absolute Gasteiger partial charge is 0.452 e. The summed E-state index contributed by atoms with van der Waals surface area (Å²) >= 11 is 0. The average molecular weight is 295 g/mol. The number of hydrogen-bond acceptors (Lipinski definition) is 4. The van der Waals surface area contributed by atoms with Crippen molar-refractivity contribution in [3.05, 3.63) is 0 Å². The number of Topliss-reactive ketones (excluding diaryl/α,β-unsaturated/α-hetero) is 1. The van der Waals surface area contributed by atoms with Crippen LogP contribution in [0.25, 0.3) is 0 Å². The van der Waals surface area contributed by atoms with Gasteiger partial charge in [-0.25, -0.2) is 0 Å². The van der Waals surface area contributed by atoms with E-state index in [0.29, 0.717) is 6.42 Å². The molecule has 4 nitrogen and oxygen atoms in total. The van der Waals surface area contributed by atoms with Crippen molar-refractivity contribution in [2.75, 3.05) is 6.61 Å². The molecule has 0 aromatic carbocycles. The third kappa shape index (κ3) is 7.87. The quantitative estimate of drug-likeness (QED) is 0.552. The second-order valence-corrected chi connectivity index (χ2v) is 6.95. The van der Waals surface area contributed by atoms with Crippen molar-refractivity contribution in [1.82, 2.24) is 5.32 Å². The summed E-state index contributed by atoms with van der Waals surface area (Å²) in [6.45, 7) is 11.8. The number of carbonyl (C=O) groups is 2. The number of carbonyl (C=O) groups excluding carboxylic acids is 2. The molecule has 0 saturated heterocycles. The van der Waals surface area contributed by atoms with Gasteiger partial charge in [0.2, 0.25) is 0 Å². The maximum atomic E-state index is 12.5. The van der Waals surface area contributed by atoms with E-state index in [1.54, 1.807) is 0 Å². The third-order valence-corrected chi connectivity index (χ3v) is 3.46. The summed E-state index contributed by atoms with van der Waals surface area (Å²) < 4.78 is 4.85. The average Bonchev–Trinajstić information content (AvgIpc) is 2.39. The summed E-state index contributed by atoms with van der Waals surface area (Å²) in [5, 5.41) is 3.36. The lowest BCUT2D eigenvalue weighted by Gasteiger charge is -2.33. The Balaban J connectivity index is 4.79. The van der Waals surface area contributed by atoms with Gasteiger partial charge in [0.15, 0.2) is 12.4 Å². The molecule has 0 aromatic heterocycles. The zero-order valence-corrected chi connectivity index (χ0v) is 14.2. The van der Waals surface area contributed by atoms with Gasteiger partial charge in [-0.1, -0.05) is 33.6 Å². The number of rotatable bonds is 8. The predicted octanol–water partition coefficient (Wildman–Crippen LogP) is 2.71. The molecule has 0 radical (unpaired) electrons. The van der Waals surface area contributed by atoms with Crippen LogP contribution >= 0.6 is 0 Å². The molecule has 0 amide bonds. The van der Waals surface area contributed by atoms with Crippen molar-refractivity contribution in [3.8, 4) is 12.3 Å². The van der Waals surface area contributed by atoms with Crippen LogP contribution in [0.5, 0.6) is 0 Å². The first-order chi connectivity index (χ1) is 9.53. The van der Waals surface area contributed by atoms with E-state index >= 15 is 0 Å². The van der Waals surface area contributed by atoms with Gasteiger partial charge in [0.1, 0.15) is 0 Å². The van der Waals surface area contributed by atoms with Crippen molar-refractivity contribution >= 4 is 11.8 Å². The molecule has 0 aliphatic rings. The molecule has 0 heterocycles. The summed E-state index contributed by atoms with van der Waals surface area (Å²) in [5.74, 6) is 2.00. The van der Waals surface area contributed by atoms with Crippen LogP contribution in [-0.4, -0.2) is 29.9 Å². The summed E-state index contributed by atoms with van der Waals surface area (Å²) in [5.41, 5.74) is -0.613. The van der Waals surface area contributed by atoms with Gasteiger partial charge in [0, 0.05) is 17.4 Å². The molecule has 0 saturated carbocycles. The number of ether oxygens (including phenoxy) is 1. The summed E-state index contributed by atoms with van der Waals surface area (Å²) in [7, 11) is 0. The van der Waals surface area contributed by atoms with Gasteiger partial charge >= 0.3 is 5.97 Å². The maximum Gasteiger partial charge on any atom is 0.306 e. The Morgan fingerprint density at radius 2 is 1.81 bits per heavy atom. The molecular formula is C17H29NO3. The number of terminal acetylenes is 1. The van der Waals surface area contributed by atoms with Crippen LogP contribution in [0.1, 0.15) is 60.8 Å². The van der Waals surface area contributed by atoms with Crippen LogP contribution in [0.4, 0.5) is 0 Å². The molecule has 120 valence electrons. The van der Waals surface area contributed by atoms with Crippen molar-refractivity contribution in [2.45, 2.75) is 72.4 Å². The Labute approximate surface area is 129 Å². The van der Waals surface area contributed by atoms with E-state index < -0.39 is 5.41 Å². The highest BCUT2D eigenvalue weighted by Gasteiger charge is 2.32. The number of nitrogens with one attached hydrogen (secondary N) is 1. The van der Waals surface area contributed by atoms with Gasteiger partial charge in [0.05, 0.1) is 6.04 Å². The van der Waals surface area contributed by atoms with Crippen molar-refractivity contribution in [1.29, 1.82) is 0 Å². The lowest BCUT2D eigenvalue weighted by molar-refractivity contribution is -0.142. The fourth-order valence-corrected chi connectivity index (χ4v) is 1.82. The Hall–Kier alpha value is -1.34.